The molecule has 72 valence electrons. The van der Waals surface area contributed by atoms with Crippen LogP contribution in [0.15, 0.2) is 11.7 Å². The maximum atomic E-state index is 11.5. The quantitative estimate of drug-likeness (QED) is 0.697. The Bertz CT molecular complexity index is 272. The Hall–Kier alpha value is -0.700. The second kappa shape index (κ2) is 4.01. The largest absolute Gasteiger partial charge is 0.293 e. The first kappa shape index (κ1) is 10.4. The van der Waals surface area contributed by atoms with Gasteiger partial charge in [0.15, 0.2) is 5.78 Å². The molecule has 0 fully saturated rings. The highest BCUT2D eigenvalue weighted by Crippen LogP contribution is 2.22. The van der Waals surface area contributed by atoms with Crippen molar-refractivity contribution >= 4 is 17.1 Å². The average Bonchev–Trinajstić information content (AvgIpc) is 2.50. The maximum absolute atomic E-state index is 11.5. The van der Waals surface area contributed by atoms with E-state index >= 15 is 0 Å². The van der Waals surface area contributed by atoms with Crippen LogP contribution in [0.2, 0.25) is 0 Å². The van der Waals surface area contributed by atoms with Crippen LogP contribution < -0.4 is 0 Å². The molecule has 1 heterocycles. The molecule has 0 spiro atoms. The molecule has 2 nitrogen and oxygen atoms in total. The molecule has 0 atom stereocenters. The Kier molecular flexibility index (Phi) is 3.20. The molecular formula is C10H15NOS. The molecule has 3 heteroatoms. The van der Waals surface area contributed by atoms with Crippen molar-refractivity contribution in [1.82, 2.24) is 4.98 Å². The number of ketones is 1. The number of Topliss-reactive ketones (excluding diaryl/α,β-unsaturated/α-hetero) is 1. The molecule has 0 aliphatic carbocycles. The van der Waals surface area contributed by atoms with Gasteiger partial charge in [-0.3, -0.25) is 9.78 Å². The number of thiazole rings is 1. The standard InChI is InChI=1S/C10H15NOS/c1-10(2,3)5-4-8(12)9-6-11-7-13-9/h6-7H,4-5H2,1-3H3. The minimum absolute atomic E-state index is 0.220. The predicted octanol–water partition coefficient (Wildman–Crippen LogP) is 3.15. The Morgan fingerprint density at radius 1 is 1.54 bits per heavy atom. The first-order valence-electron chi connectivity index (χ1n) is 4.41. The fourth-order valence-corrected chi connectivity index (χ4v) is 1.56. The third kappa shape index (κ3) is 3.68. The van der Waals surface area contributed by atoms with Gasteiger partial charge in [-0.1, -0.05) is 20.8 Å². The van der Waals surface area contributed by atoms with Crippen molar-refractivity contribution in [2.75, 3.05) is 0 Å². The van der Waals surface area contributed by atoms with Crippen molar-refractivity contribution in [3.05, 3.63) is 16.6 Å². The molecule has 0 unspecified atom stereocenters. The lowest BCUT2D eigenvalue weighted by atomic mass is 9.89. The summed E-state index contributed by atoms with van der Waals surface area (Å²) in [6.07, 6.45) is 3.21. The Morgan fingerprint density at radius 3 is 2.69 bits per heavy atom. The summed E-state index contributed by atoms with van der Waals surface area (Å²) in [5.74, 6) is 0.220. The second-order valence-corrected chi connectivity index (χ2v) is 5.24. The van der Waals surface area contributed by atoms with Gasteiger partial charge in [0.25, 0.3) is 0 Å². The molecule has 0 radical (unpaired) electrons. The van der Waals surface area contributed by atoms with Gasteiger partial charge in [0, 0.05) is 12.6 Å². The first-order valence-corrected chi connectivity index (χ1v) is 5.29. The fourth-order valence-electron chi connectivity index (χ4n) is 0.965. The molecule has 0 saturated heterocycles. The van der Waals surface area contributed by atoms with Crippen molar-refractivity contribution in [2.45, 2.75) is 33.6 Å². The van der Waals surface area contributed by atoms with Gasteiger partial charge in [-0.25, -0.2) is 0 Å². The van der Waals surface area contributed by atoms with Crippen LogP contribution in [0.5, 0.6) is 0 Å². The number of nitrogens with zero attached hydrogens (tertiary/aromatic N) is 1. The van der Waals surface area contributed by atoms with Gasteiger partial charge >= 0.3 is 0 Å². The number of hydrogen-bond donors (Lipinski definition) is 0. The van der Waals surface area contributed by atoms with E-state index in [0.29, 0.717) is 6.42 Å². The molecule has 0 N–H and O–H groups in total. The molecule has 0 aromatic carbocycles. The lowest BCUT2D eigenvalue weighted by Crippen LogP contribution is -2.08. The number of carbonyl (C=O) groups excluding carboxylic acids is 1. The second-order valence-electron chi connectivity index (χ2n) is 4.35. The first-order chi connectivity index (χ1) is 5.99. The number of rotatable bonds is 3. The molecule has 0 aliphatic rings. The number of aromatic nitrogens is 1. The lowest BCUT2D eigenvalue weighted by molar-refractivity contribution is 0.0969. The van der Waals surface area contributed by atoms with Gasteiger partial charge in [-0.15, -0.1) is 11.3 Å². The van der Waals surface area contributed by atoms with E-state index in [1.54, 1.807) is 11.7 Å². The van der Waals surface area contributed by atoms with Gasteiger partial charge in [0.2, 0.25) is 0 Å². The lowest BCUT2D eigenvalue weighted by Gasteiger charge is -2.16. The molecular weight excluding hydrogens is 182 g/mol. The van der Waals surface area contributed by atoms with Crippen LogP contribution in [0, 0.1) is 5.41 Å². The van der Waals surface area contributed by atoms with Crippen molar-refractivity contribution < 1.29 is 4.79 Å². The zero-order valence-electron chi connectivity index (χ0n) is 8.33. The van der Waals surface area contributed by atoms with Gasteiger partial charge in [0.05, 0.1) is 10.4 Å². The Balaban J connectivity index is 2.44. The summed E-state index contributed by atoms with van der Waals surface area (Å²) in [5, 5.41) is 0. The van der Waals surface area contributed by atoms with Gasteiger partial charge in [0.1, 0.15) is 0 Å². The molecule has 1 aromatic heterocycles. The molecule has 13 heavy (non-hydrogen) atoms. The van der Waals surface area contributed by atoms with Crippen molar-refractivity contribution in [3.8, 4) is 0 Å². The van der Waals surface area contributed by atoms with E-state index in [2.05, 4.69) is 25.8 Å². The van der Waals surface area contributed by atoms with Crippen LogP contribution in [-0.4, -0.2) is 10.8 Å². The summed E-state index contributed by atoms with van der Waals surface area (Å²) in [6.45, 7) is 6.44. The van der Waals surface area contributed by atoms with Crippen LogP contribution >= 0.6 is 11.3 Å². The fraction of sp³-hybridized carbons (Fsp3) is 0.600. The van der Waals surface area contributed by atoms with E-state index in [4.69, 9.17) is 0 Å². The molecule has 0 amide bonds. The minimum atomic E-state index is 0.220. The highest BCUT2D eigenvalue weighted by Gasteiger charge is 2.14. The molecule has 0 saturated carbocycles. The SMILES string of the molecule is CC(C)(C)CCC(=O)c1cncs1. The smallest absolute Gasteiger partial charge is 0.174 e. The summed E-state index contributed by atoms with van der Waals surface area (Å²) in [5.41, 5.74) is 1.94. The van der Waals surface area contributed by atoms with Crippen molar-refractivity contribution in [3.63, 3.8) is 0 Å². The Morgan fingerprint density at radius 2 is 2.23 bits per heavy atom. The summed E-state index contributed by atoms with van der Waals surface area (Å²) in [7, 11) is 0. The van der Waals surface area contributed by atoms with E-state index in [-0.39, 0.29) is 11.2 Å². The van der Waals surface area contributed by atoms with E-state index in [1.807, 2.05) is 0 Å². The van der Waals surface area contributed by atoms with Gasteiger partial charge < -0.3 is 0 Å². The highest BCUT2D eigenvalue weighted by atomic mass is 32.1. The van der Waals surface area contributed by atoms with Crippen LogP contribution in [0.1, 0.15) is 43.3 Å². The third-order valence-electron chi connectivity index (χ3n) is 1.81. The van der Waals surface area contributed by atoms with E-state index in [0.717, 1.165) is 11.3 Å². The summed E-state index contributed by atoms with van der Waals surface area (Å²) in [6, 6.07) is 0. The topological polar surface area (TPSA) is 30.0 Å². The zero-order chi connectivity index (χ0) is 9.90. The monoisotopic (exact) mass is 197 g/mol. The Labute approximate surface area is 83.0 Å². The van der Waals surface area contributed by atoms with Gasteiger partial charge in [-0.2, -0.15) is 0 Å². The summed E-state index contributed by atoms with van der Waals surface area (Å²) >= 11 is 1.42. The van der Waals surface area contributed by atoms with E-state index in [9.17, 15) is 4.79 Å². The molecule has 1 rings (SSSR count). The molecule has 0 aliphatic heterocycles. The maximum Gasteiger partial charge on any atom is 0.174 e. The number of carbonyl (C=O) groups is 1. The van der Waals surface area contributed by atoms with E-state index in [1.165, 1.54) is 11.3 Å². The molecule has 0 bridgehead atoms. The van der Waals surface area contributed by atoms with Crippen LogP contribution in [0.25, 0.3) is 0 Å². The average molecular weight is 197 g/mol. The van der Waals surface area contributed by atoms with Crippen molar-refractivity contribution in [2.24, 2.45) is 5.41 Å². The van der Waals surface area contributed by atoms with Crippen LogP contribution in [0.4, 0.5) is 0 Å². The highest BCUT2D eigenvalue weighted by molar-refractivity contribution is 7.11. The summed E-state index contributed by atoms with van der Waals surface area (Å²) < 4.78 is 0. The van der Waals surface area contributed by atoms with Crippen LogP contribution in [-0.2, 0) is 0 Å². The minimum Gasteiger partial charge on any atom is -0.293 e. The molecule has 1 aromatic rings. The normalized spacial score (nSPS) is 11.6. The van der Waals surface area contributed by atoms with Gasteiger partial charge in [-0.05, 0) is 11.8 Å². The third-order valence-corrected chi connectivity index (χ3v) is 2.62. The van der Waals surface area contributed by atoms with E-state index < -0.39 is 0 Å². The number of hydrogen-bond acceptors (Lipinski definition) is 3. The van der Waals surface area contributed by atoms with Crippen molar-refractivity contribution in [1.29, 1.82) is 0 Å². The summed E-state index contributed by atoms with van der Waals surface area (Å²) in [4.78, 5) is 16.2. The zero-order valence-corrected chi connectivity index (χ0v) is 9.15. The predicted molar refractivity (Wildman–Crippen MR) is 55.1 cm³/mol. The van der Waals surface area contributed by atoms with Crippen LogP contribution in [0.3, 0.4) is 0 Å².